The van der Waals surface area contributed by atoms with Gasteiger partial charge in [-0.25, -0.2) is 9.69 Å². The largest absolute Gasteiger partial charge is 0.492 e. The monoisotopic (exact) mass is 551 g/mol. The number of barbiturate groups is 1. The second kappa shape index (κ2) is 9.40. The van der Waals surface area contributed by atoms with Crippen molar-refractivity contribution >= 4 is 67.2 Å². The first-order chi connectivity index (χ1) is 14.7. The Labute approximate surface area is 193 Å². The Balaban J connectivity index is 2.08. The highest BCUT2D eigenvalue weighted by Crippen LogP contribution is 2.35. The van der Waals surface area contributed by atoms with Gasteiger partial charge in [-0.1, -0.05) is 28.9 Å². The van der Waals surface area contributed by atoms with E-state index in [1.54, 1.807) is 12.1 Å². The number of nitrogens with one attached hydrogen (secondary N) is 1. The fourth-order valence-corrected chi connectivity index (χ4v) is 4.21. The van der Waals surface area contributed by atoms with Crippen molar-refractivity contribution in [1.29, 1.82) is 0 Å². The molecule has 0 bridgehead atoms. The smallest absolute Gasteiger partial charge is 0.335 e. The van der Waals surface area contributed by atoms with Gasteiger partial charge in [0.05, 0.1) is 21.7 Å². The number of hydrogen-bond acceptors (Lipinski definition) is 6. The van der Waals surface area contributed by atoms with Crippen molar-refractivity contribution in [1.82, 2.24) is 5.32 Å². The average molecular weight is 553 g/mol. The summed E-state index contributed by atoms with van der Waals surface area (Å²) < 4.78 is 7.03. The number of benzene rings is 2. The molecule has 1 fully saturated rings. The van der Waals surface area contributed by atoms with Crippen molar-refractivity contribution < 1.29 is 24.0 Å². The summed E-state index contributed by atoms with van der Waals surface area (Å²) in [7, 11) is 0. The molecule has 0 aliphatic carbocycles. The third-order valence-electron chi connectivity index (χ3n) is 4.19. The number of amides is 4. The van der Waals surface area contributed by atoms with E-state index in [1.165, 1.54) is 24.3 Å². The molecule has 31 heavy (non-hydrogen) atoms. The predicted molar refractivity (Wildman–Crippen MR) is 120 cm³/mol. The lowest BCUT2D eigenvalue weighted by molar-refractivity contribution is -0.384. The Kier molecular flexibility index (Phi) is 6.86. The van der Waals surface area contributed by atoms with Crippen molar-refractivity contribution in [2.45, 2.75) is 13.3 Å². The Morgan fingerprint density at radius 1 is 1.19 bits per heavy atom. The molecule has 0 unspecified atom stereocenters. The molecule has 0 atom stereocenters. The number of carbonyl (C=O) groups excluding carboxylic acids is 3. The highest BCUT2D eigenvalue weighted by Gasteiger charge is 2.37. The fourth-order valence-electron chi connectivity index (χ4n) is 2.84. The molecule has 1 N–H and O–H groups in total. The van der Waals surface area contributed by atoms with E-state index in [-0.39, 0.29) is 16.9 Å². The van der Waals surface area contributed by atoms with Crippen molar-refractivity contribution in [3.8, 4) is 5.75 Å². The minimum atomic E-state index is -0.995. The molecular weight excluding hydrogens is 538 g/mol. The van der Waals surface area contributed by atoms with Crippen molar-refractivity contribution in [2.24, 2.45) is 0 Å². The van der Waals surface area contributed by atoms with Crippen LogP contribution >= 0.6 is 31.9 Å². The summed E-state index contributed by atoms with van der Waals surface area (Å²) in [5, 5.41) is 13.2. The Morgan fingerprint density at radius 3 is 2.61 bits per heavy atom. The van der Waals surface area contributed by atoms with Crippen LogP contribution in [0.3, 0.4) is 0 Å². The summed E-state index contributed by atoms with van der Waals surface area (Å²) in [6, 6.07) is 7.45. The number of carbonyl (C=O) groups is 3. The van der Waals surface area contributed by atoms with Crippen molar-refractivity contribution in [3.63, 3.8) is 0 Å². The first kappa shape index (κ1) is 22.6. The summed E-state index contributed by atoms with van der Waals surface area (Å²) in [5.41, 5.74) is -0.223. The van der Waals surface area contributed by atoms with Crippen molar-refractivity contribution in [3.05, 3.63) is 66.6 Å². The molecule has 1 aliphatic heterocycles. The lowest BCUT2D eigenvalue weighted by Gasteiger charge is -2.26. The molecule has 9 nitrogen and oxygen atoms in total. The molecule has 0 spiro atoms. The van der Waals surface area contributed by atoms with Gasteiger partial charge in [-0.05, 0) is 46.6 Å². The molecule has 1 heterocycles. The van der Waals surface area contributed by atoms with Crippen LogP contribution in [-0.2, 0) is 9.59 Å². The van der Waals surface area contributed by atoms with Crippen LogP contribution in [0.25, 0.3) is 6.08 Å². The van der Waals surface area contributed by atoms with Crippen LogP contribution in [0.1, 0.15) is 18.9 Å². The molecule has 0 radical (unpaired) electrons. The number of imide groups is 2. The number of rotatable bonds is 6. The predicted octanol–water partition coefficient (Wildman–Crippen LogP) is 4.58. The van der Waals surface area contributed by atoms with Gasteiger partial charge in [-0.3, -0.25) is 25.0 Å². The molecule has 3 rings (SSSR count). The zero-order valence-corrected chi connectivity index (χ0v) is 19.2. The number of nitro groups is 1. The van der Waals surface area contributed by atoms with E-state index in [1.807, 2.05) is 6.92 Å². The molecule has 4 amide bonds. The molecule has 2 aromatic rings. The lowest BCUT2D eigenvalue weighted by atomic mass is 10.1. The van der Waals surface area contributed by atoms with Crippen LogP contribution in [0.15, 0.2) is 50.9 Å². The van der Waals surface area contributed by atoms with Crippen LogP contribution in [0.4, 0.5) is 16.2 Å². The highest BCUT2D eigenvalue weighted by molar-refractivity contribution is 9.11. The first-order valence-electron chi connectivity index (χ1n) is 9.00. The maximum atomic E-state index is 13.1. The van der Waals surface area contributed by atoms with E-state index >= 15 is 0 Å². The van der Waals surface area contributed by atoms with E-state index in [2.05, 4.69) is 37.2 Å². The molecule has 0 saturated carbocycles. The molecular formula is C20H15Br2N3O6. The number of anilines is 1. The van der Waals surface area contributed by atoms with Gasteiger partial charge in [-0.15, -0.1) is 0 Å². The van der Waals surface area contributed by atoms with Gasteiger partial charge >= 0.3 is 6.03 Å². The number of nitrogens with zero attached hydrogens (tertiary/aromatic N) is 2. The second-order valence-electron chi connectivity index (χ2n) is 6.39. The maximum absolute atomic E-state index is 13.1. The standard InChI is InChI=1S/C20H15Br2N3O6/c1-2-6-31-17-11(7-12(21)9-16(17)22)8-15-18(26)23-20(28)24(19(15)27)13-4-3-5-14(10-13)25(29)30/h3-5,7-10H,2,6H2,1H3,(H,23,26,28)/b15-8+. The van der Waals surface area contributed by atoms with E-state index in [9.17, 15) is 24.5 Å². The van der Waals surface area contributed by atoms with Crippen LogP contribution < -0.4 is 15.0 Å². The van der Waals surface area contributed by atoms with Gasteiger partial charge in [0.25, 0.3) is 17.5 Å². The Morgan fingerprint density at radius 2 is 1.94 bits per heavy atom. The molecule has 1 saturated heterocycles. The van der Waals surface area contributed by atoms with Crippen LogP contribution in [0.5, 0.6) is 5.75 Å². The summed E-state index contributed by atoms with van der Waals surface area (Å²) in [6.07, 6.45) is 2.06. The molecule has 160 valence electrons. The van der Waals surface area contributed by atoms with Gasteiger partial charge in [0, 0.05) is 22.2 Å². The van der Waals surface area contributed by atoms with Crippen LogP contribution in [0.2, 0.25) is 0 Å². The number of nitro benzene ring substituents is 1. The van der Waals surface area contributed by atoms with Gasteiger partial charge in [-0.2, -0.15) is 0 Å². The minimum Gasteiger partial charge on any atom is -0.492 e. The van der Waals surface area contributed by atoms with Crippen LogP contribution in [0, 0.1) is 10.1 Å². The third-order valence-corrected chi connectivity index (χ3v) is 5.23. The van der Waals surface area contributed by atoms with E-state index < -0.39 is 22.8 Å². The topological polar surface area (TPSA) is 119 Å². The number of halogens is 2. The summed E-state index contributed by atoms with van der Waals surface area (Å²) in [5.74, 6) is -1.36. The quantitative estimate of drug-likeness (QED) is 0.242. The number of ether oxygens (including phenoxy) is 1. The zero-order chi connectivity index (χ0) is 22.7. The molecule has 0 aromatic heterocycles. The fraction of sp³-hybridized carbons (Fsp3) is 0.150. The van der Waals surface area contributed by atoms with E-state index in [0.717, 1.165) is 12.5 Å². The van der Waals surface area contributed by atoms with Gasteiger partial charge in [0.2, 0.25) is 0 Å². The SMILES string of the molecule is CCCOc1c(Br)cc(Br)cc1/C=C1\C(=O)NC(=O)N(c2cccc([N+](=O)[O-])c2)C1=O. The Hall–Kier alpha value is -3.05. The summed E-state index contributed by atoms with van der Waals surface area (Å²) in [4.78, 5) is 49.0. The maximum Gasteiger partial charge on any atom is 0.335 e. The Bertz CT molecular complexity index is 1130. The first-order valence-corrected chi connectivity index (χ1v) is 10.6. The van der Waals surface area contributed by atoms with Gasteiger partial charge in [0.1, 0.15) is 11.3 Å². The normalized spacial score (nSPS) is 15.3. The molecule has 11 heteroatoms. The average Bonchev–Trinajstić information content (AvgIpc) is 2.70. The molecule has 1 aliphatic rings. The summed E-state index contributed by atoms with van der Waals surface area (Å²) >= 11 is 6.77. The minimum absolute atomic E-state index is 0.0343. The zero-order valence-electron chi connectivity index (χ0n) is 16.1. The second-order valence-corrected chi connectivity index (χ2v) is 8.16. The number of urea groups is 1. The highest BCUT2D eigenvalue weighted by atomic mass is 79.9. The molecule has 2 aromatic carbocycles. The van der Waals surface area contributed by atoms with E-state index in [0.29, 0.717) is 31.8 Å². The lowest BCUT2D eigenvalue weighted by Crippen LogP contribution is -2.54. The summed E-state index contributed by atoms with van der Waals surface area (Å²) in [6.45, 7) is 2.35. The van der Waals surface area contributed by atoms with Gasteiger partial charge < -0.3 is 4.74 Å². The number of non-ortho nitro benzene ring substituents is 1. The number of hydrogen-bond donors (Lipinski definition) is 1. The van der Waals surface area contributed by atoms with Gasteiger partial charge in [0.15, 0.2) is 0 Å². The van der Waals surface area contributed by atoms with Crippen LogP contribution in [-0.4, -0.2) is 29.4 Å². The third kappa shape index (κ3) is 4.83. The van der Waals surface area contributed by atoms with E-state index in [4.69, 9.17) is 4.74 Å². The van der Waals surface area contributed by atoms with Crippen molar-refractivity contribution in [2.75, 3.05) is 11.5 Å².